The van der Waals surface area contributed by atoms with E-state index in [2.05, 4.69) is 15.6 Å². The maximum atomic E-state index is 12.6. The van der Waals surface area contributed by atoms with Crippen LogP contribution in [0.15, 0.2) is 36.4 Å². The Balaban J connectivity index is 1.70. The van der Waals surface area contributed by atoms with Gasteiger partial charge in [-0.15, -0.1) is 22.7 Å². The standard InChI is InChI=1S/C19H18ClN3O2S2/c1-10(2)17(24)22-12-4-6-13(7-5-12)23-18(25)16-11(3)21-19(27-16)14-8-9-15(20)26-14/h4-10H,1-3H3,(H,22,24)(H,23,25). The molecule has 140 valence electrons. The second-order valence-electron chi connectivity index (χ2n) is 6.21. The van der Waals surface area contributed by atoms with Crippen molar-refractivity contribution < 1.29 is 9.59 Å². The molecule has 2 amide bonds. The molecule has 0 unspecified atom stereocenters. The van der Waals surface area contributed by atoms with E-state index in [1.54, 1.807) is 24.3 Å². The van der Waals surface area contributed by atoms with Crippen LogP contribution in [0.4, 0.5) is 11.4 Å². The molecule has 2 aromatic heterocycles. The highest BCUT2D eigenvalue weighted by Crippen LogP contribution is 2.35. The molecule has 27 heavy (non-hydrogen) atoms. The molecule has 0 fully saturated rings. The Hall–Kier alpha value is -2.22. The van der Waals surface area contributed by atoms with Crippen molar-refractivity contribution >= 4 is 57.5 Å². The van der Waals surface area contributed by atoms with Gasteiger partial charge in [0.1, 0.15) is 9.88 Å². The van der Waals surface area contributed by atoms with Crippen LogP contribution < -0.4 is 10.6 Å². The summed E-state index contributed by atoms with van der Waals surface area (Å²) in [5.41, 5.74) is 2.02. The zero-order valence-corrected chi connectivity index (χ0v) is 17.4. The first-order valence-electron chi connectivity index (χ1n) is 8.29. The largest absolute Gasteiger partial charge is 0.326 e. The van der Waals surface area contributed by atoms with Crippen LogP contribution in [0.2, 0.25) is 4.34 Å². The zero-order valence-electron chi connectivity index (χ0n) is 15.0. The second kappa shape index (κ2) is 8.21. The number of aromatic nitrogens is 1. The van der Waals surface area contributed by atoms with E-state index >= 15 is 0 Å². The zero-order chi connectivity index (χ0) is 19.6. The lowest BCUT2D eigenvalue weighted by atomic mass is 10.2. The van der Waals surface area contributed by atoms with Gasteiger partial charge in [-0.3, -0.25) is 9.59 Å². The van der Waals surface area contributed by atoms with E-state index < -0.39 is 0 Å². The Kier molecular flexibility index (Phi) is 5.94. The van der Waals surface area contributed by atoms with E-state index in [1.165, 1.54) is 22.7 Å². The van der Waals surface area contributed by atoms with Crippen LogP contribution in [0.5, 0.6) is 0 Å². The number of hydrogen-bond donors (Lipinski definition) is 2. The SMILES string of the molecule is Cc1nc(-c2ccc(Cl)s2)sc1C(=O)Nc1ccc(NC(=O)C(C)C)cc1. The molecule has 0 atom stereocenters. The van der Waals surface area contributed by atoms with Crippen LogP contribution in [-0.2, 0) is 4.79 Å². The van der Waals surface area contributed by atoms with Gasteiger partial charge in [0.05, 0.1) is 14.9 Å². The summed E-state index contributed by atoms with van der Waals surface area (Å²) in [6, 6.07) is 10.7. The van der Waals surface area contributed by atoms with Crippen LogP contribution in [0, 0.1) is 12.8 Å². The Labute approximate surface area is 170 Å². The van der Waals surface area contributed by atoms with Gasteiger partial charge in [0, 0.05) is 17.3 Å². The van der Waals surface area contributed by atoms with Gasteiger partial charge in [0.15, 0.2) is 0 Å². The number of carbonyl (C=O) groups excluding carboxylic acids is 2. The summed E-state index contributed by atoms with van der Waals surface area (Å²) >= 11 is 8.75. The molecule has 0 aliphatic heterocycles. The third kappa shape index (κ3) is 4.74. The summed E-state index contributed by atoms with van der Waals surface area (Å²) in [7, 11) is 0. The number of hydrogen-bond acceptors (Lipinski definition) is 5. The Morgan fingerprint density at radius 1 is 1.00 bits per heavy atom. The van der Waals surface area contributed by atoms with Crippen molar-refractivity contribution in [2.24, 2.45) is 5.92 Å². The van der Waals surface area contributed by atoms with Crippen molar-refractivity contribution in [2.75, 3.05) is 10.6 Å². The monoisotopic (exact) mass is 419 g/mol. The number of thiazole rings is 1. The first-order chi connectivity index (χ1) is 12.8. The van der Waals surface area contributed by atoms with E-state index in [0.717, 1.165) is 9.88 Å². The van der Waals surface area contributed by atoms with E-state index in [9.17, 15) is 9.59 Å². The third-order valence-electron chi connectivity index (χ3n) is 3.72. The third-order valence-corrected chi connectivity index (χ3v) is 6.28. The molecule has 2 N–H and O–H groups in total. The minimum absolute atomic E-state index is 0.0479. The summed E-state index contributed by atoms with van der Waals surface area (Å²) in [5.74, 6) is -0.350. The molecule has 0 saturated carbocycles. The molecular formula is C19H18ClN3O2S2. The fourth-order valence-corrected chi connectivity index (χ4v) is 4.31. The van der Waals surface area contributed by atoms with Crippen molar-refractivity contribution in [2.45, 2.75) is 20.8 Å². The number of anilines is 2. The van der Waals surface area contributed by atoms with E-state index in [-0.39, 0.29) is 17.7 Å². The van der Waals surface area contributed by atoms with E-state index in [4.69, 9.17) is 11.6 Å². The molecule has 3 rings (SSSR count). The maximum absolute atomic E-state index is 12.6. The van der Waals surface area contributed by atoms with Crippen LogP contribution in [0.25, 0.3) is 9.88 Å². The van der Waals surface area contributed by atoms with E-state index in [0.29, 0.717) is 26.3 Å². The summed E-state index contributed by atoms with van der Waals surface area (Å²) in [6.45, 7) is 5.48. The number of benzene rings is 1. The summed E-state index contributed by atoms with van der Waals surface area (Å²) in [6.07, 6.45) is 0. The molecule has 0 spiro atoms. The maximum Gasteiger partial charge on any atom is 0.267 e. The van der Waals surface area contributed by atoms with Crippen molar-refractivity contribution in [1.82, 2.24) is 4.98 Å². The van der Waals surface area contributed by atoms with Gasteiger partial charge >= 0.3 is 0 Å². The number of carbonyl (C=O) groups is 2. The van der Waals surface area contributed by atoms with Gasteiger partial charge in [0.25, 0.3) is 5.91 Å². The number of aryl methyl sites for hydroxylation is 1. The highest BCUT2D eigenvalue weighted by atomic mass is 35.5. The number of nitrogens with one attached hydrogen (secondary N) is 2. The van der Waals surface area contributed by atoms with Crippen molar-refractivity contribution in [3.8, 4) is 9.88 Å². The molecule has 0 aliphatic rings. The minimum atomic E-state index is -0.210. The molecule has 1 aromatic carbocycles. The van der Waals surface area contributed by atoms with Crippen molar-refractivity contribution in [3.63, 3.8) is 0 Å². The Morgan fingerprint density at radius 2 is 1.63 bits per heavy atom. The predicted octanol–water partition coefficient (Wildman–Crippen LogP) is 5.68. The molecule has 8 heteroatoms. The number of amides is 2. The molecule has 0 saturated heterocycles. The van der Waals surface area contributed by atoms with Crippen LogP contribution in [0.3, 0.4) is 0 Å². The predicted molar refractivity (Wildman–Crippen MR) is 113 cm³/mol. The first kappa shape index (κ1) is 19.5. The van der Waals surface area contributed by atoms with Gasteiger partial charge in [-0.2, -0.15) is 0 Å². The lowest BCUT2D eigenvalue weighted by Gasteiger charge is -2.09. The number of rotatable bonds is 5. The Bertz CT molecular complexity index is 977. The van der Waals surface area contributed by atoms with E-state index in [1.807, 2.05) is 32.9 Å². The van der Waals surface area contributed by atoms with Gasteiger partial charge < -0.3 is 10.6 Å². The molecule has 3 aromatic rings. The van der Waals surface area contributed by atoms with Gasteiger partial charge in [-0.25, -0.2) is 4.98 Å². The molecule has 2 heterocycles. The summed E-state index contributed by atoms with van der Waals surface area (Å²) in [4.78, 5) is 30.3. The first-order valence-corrected chi connectivity index (χ1v) is 10.3. The van der Waals surface area contributed by atoms with Gasteiger partial charge in [0.2, 0.25) is 5.91 Å². The summed E-state index contributed by atoms with van der Waals surface area (Å²) < 4.78 is 0.688. The van der Waals surface area contributed by atoms with Gasteiger partial charge in [-0.05, 0) is 43.3 Å². The van der Waals surface area contributed by atoms with Crippen LogP contribution in [-0.4, -0.2) is 16.8 Å². The van der Waals surface area contributed by atoms with Crippen molar-refractivity contribution in [1.29, 1.82) is 0 Å². The molecule has 0 bridgehead atoms. The number of thiophene rings is 1. The van der Waals surface area contributed by atoms with Crippen LogP contribution in [0.1, 0.15) is 29.2 Å². The lowest BCUT2D eigenvalue weighted by molar-refractivity contribution is -0.118. The highest BCUT2D eigenvalue weighted by molar-refractivity contribution is 7.24. The fourth-order valence-electron chi connectivity index (χ4n) is 2.25. The topological polar surface area (TPSA) is 71.1 Å². The van der Waals surface area contributed by atoms with Gasteiger partial charge in [-0.1, -0.05) is 25.4 Å². The average Bonchev–Trinajstić information content (AvgIpc) is 3.22. The van der Waals surface area contributed by atoms with Crippen LogP contribution >= 0.6 is 34.3 Å². The second-order valence-corrected chi connectivity index (χ2v) is 8.93. The number of halogens is 1. The molecular weight excluding hydrogens is 402 g/mol. The normalized spacial score (nSPS) is 10.9. The lowest BCUT2D eigenvalue weighted by Crippen LogP contribution is -2.17. The highest BCUT2D eigenvalue weighted by Gasteiger charge is 2.17. The average molecular weight is 420 g/mol. The molecule has 0 aliphatic carbocycles. The minimum Gasteiger partial charge on any atom is -0.326 e. The Morgan fingerprint density at radius 3 is 2.19 bits per heavy atom. The summed E-state index contributed by atoms with van der Waals surface area (Å²) in [5, 5.41) is 6.46. The smallest absolute Gasteiger partial charge is 0.267 e. The number of nitrogens with zero attached hydrogens (tertiary/aromatic N) is 1. The quantitative estimate of drug-likeness (QED) is 0.558. The molecule has 5 nitrogen and oxygen atoms in total. The fraction of sp³-hybridized carbons (Fsp3) is 0.211. The van der Waals surface area contributed by atoms with Crippen molar-refractivity contribution in [3.05, 3.63) is 51.3 Å². The molecule has 0 radical (unpaired) electrons.